The summed E-state index contributed by atoms with van der Waals surface area (Å²) in [5.74, 6) is -0.317. The number of nitrogens with zero attached hydrogens (tertiary/aromatic N) is 6. The van der Waals surface area contributed by atoms with Crippen molar-refractivity contribution in [1.82, 2.24) is 30.0 Å². The summed E-state index contributed by atoms with van der Waals surface area (Å²) in [5.41, 5.74) is 7.57. The highest BCUT2D eigenvalue weighted by atomic mass is 19.4. The van der Waals surface area contributed by atoms with Gasteiger partial charge in [0, 0.05) is 44.0 Å². The number of nitrogen functional groups attached to an aromatic ring is 1. The van der Waals surface area contributed by atoms with Crippen LogP contribution in [0.5, 0.6) is 5.88 Å². The van der Waals surface area contributed by atoms with Crippen LogP contribution in [0, 0.1) is 12.3 Å². The molecule has 1 aromatic carbocycles. The third-order valence-electron chi connectivity index (χ3n) is 8.17. The Morgan fingerprint density at radius 1 is 1.20 bits per heavy atom. The molecule has 0 bridgehead atoms. The monoisotopic (exact) mass is 616 g/mol. The summed E-state index contributed by atoms with van der Waals surface area (Å²) in [5, 5.41) is 7.66. The minimum atomic E-state index is -4.78. The summed E-state index contributed by atoms with van der Waals surface area (Å²) >= 11 is 0. The molecular weight excluding hydrogens is 577 g/mol. The molecule has 2 atom stereocenters. The molecule has 0 unspecified atom stereocenters. The maximum absolute atomic E-state index is 14.7. The average molecular weight is 617 g/mol. The number of nitrogens with one attached hydrogen (secondary N) is 1. The second kappa shape index (κ2) is 12.6. The molecule has 3 aromatic rings. The number of benzene rings is 1. The third-order valence-corrected chi connectivity index (χ3v) is 8.17. The number of esters is 1. The van der Waals surface area contributed by atoms with Gasteiger partial charge in [-0.3, -0.25) is 4.79 Å². The van der Waals surface area contributed by atoms with Crippen molar-refractivity contribution in [3.8, 4) is 11.6 Å². The first kappa shape index (κ1) is 31.5. The normalized spacial score (nSPS) is 19.0. The summed E-state index contributed by atoms with van der Waals surface area (Å²) in [6.45, 7) is 6.30. The van der Waals surface area contributed by atoms with Crippen LogP contribution in [-0.2, 0) is 16.1 Å². The highest BCUT2D eigenvalue weighted by Crippen LogP contribution is 2.42. The summed E-state index contributed by atoms with van der Waals surface area (Å²) in [6, 6.07) is 7.58. The Labute approximate surface area is 254 Å². The predicted octanol–water partition coefficient (Wildman–Crippen LogP) is 3.81. The fourth-order valence-corrected chi connectivity index (χ4v) is 6.02. The van der Waals surface area contributed by atoms with Gasteiger partial charge in [-0.1, -0.05) is 12.1 Å². The first-order valence-electron chi connectivity index (χ1n) is 14.7. The van der Waals surface area contributed by atoms with E-state index in [4.69, 9.17) is 15.2 Å². The molecule has 5 rings (SSSR count). The number of hydrogen-bond donors (Lipinski definition) is 2. The molecule has 2 saturated heterocycles. The fraction of sp³-hybridized carbons (Fsp3) is 0.533. The number of anilines is 2. The number of nitrogens with two attached hydrogens (primary N) is 1. The van der Waals surface area contributed by atoms with Gasteiger partial charge in [0.1, 0.15) is 11.9 Å². The summed E-state index contributed by atoms with van der Waals surface area (Å²) in [7, 11) is 3.77. The van der Waals surface area contributed by atoms with Crippen LogP contribution in [0.1, 0.15) is 49.1 Å². The van der Waals surface area contributed by atoms with Crippen LogP contribution in [0.15, 0.2) is 36.5 Å². The van der Waals surface area contributed by atoms with E-state index in [9.17, 15) is 18.0 Å². The van der Waals surface area contributed by atoms with Gasteiger partial charge < -0.3 is 30.3 Å². The number of aryl methyl sites for hydroxylation is 1. The van der Waals surface area contributed by atoms with E-state index in [2.05, 4.69) is 20.4 Å². The van der Waals surface area contributed by atoms with Gasteiger partial charge in [0.2, 0.25) is 17.9 Å². The lowest BCUT2D eigenvalue weighted by molar-refractivity contribution is -0.198. The van der Waals surface area contributed by atoms with Gasteiger partial charge in [-0.25, -0.2) is 4.68 Å². The molecule has 4 heterocycles. The first-order chi connectivity index (χ1) is 20.9. The van der Waals surface area contributed by atoms with E-state index in [1.807, 2.05) is 23.9 Å². The van der Waals surface area contributed by atoms with Gasteiger partial charge in [-0.05, 0) is 70.3 Å². The number of hydrogen-bond acceptors (Lipinski definition) is 10. The second-order valence-corrected chi connectivity index (χ2v) is 11.9. The molecule has 14 heteroatoms. The molecule has 0 saturated carbocycles. The number of alkyl halides is 3. The van der Waals surface area contributed by atoms with Gasteiger partial charge in [-0.15, -0.1) is 0 Å². The van der Waals surface area contributed by atoms with E-state index in [0.29, 0.717) is 50.7 Å². The third kappa shape index (κ3) is 7.07. The van der Waals surface area contributed by atoms with E-state index in [1.165, 1.54) is 16.8 Å². The van der Waals surface area contributed by atoms with Crippen molar-refractivity contribution in [1.29, 1.82) is 0 Å². The van der Waals surface area contributed by atoms with Crippen molar-refractivity contribution in [2.75, 3.05) is 51.0 Å². The van der Waals surface area contributed by atoms with Crippen LogP contribution in [0.4, 0.5) is 24.9 Å². The van der Waals surface area contributed by atoms with E-state index in [1.54, 1.807) is 38.2 Å². The number of ether oxygens (including phenoxy) is 2. The van der Waals surface area contributed by atoms with Crippen molar-refractivity contribution in [2.24, 2.45) is 5.41 Å². The lowest BCUT2D eigenvalue weighted by Crippen LogP contribution is -2.41. The van der Waals surface area contributed by atoms with Gasteiger partial charge >= 0.3 is 12.1 Å². The standard InChI is InChI=1S/C30H39F3N8O3/c1-5-43-27(42)22-16-29(18-35-22)9-12-40(13-10-29)24-15-25(37-28(34)36-24)44-26(30(31,32)33)21-7-6-20(17-39(3)4)14-23(21)41-11-8-19(2)38-41/h6-8,11,14-15,22,26,35H,5,9-10,12-13,16-18H2,1-4H3,(H2,34,36,37)/t22-,26+/m0/s1. The Hall–Kier alpha value is -3.91. The van der Waals surface area contributed by atoms with Crippen LogP contribution in [-0.4, -0.2) is 83.2 Å². The number of carbonyl (C=O) groups excluding carboxylic acids is 1. The van der Waals surface area contributed by atoms with Gasteiger partial charge in [-0.2, -0.15) is 28.2 Å². The highest BCUT2D eigenvalue weighted by Gasteiger charge is 2.46. The van der Waals surface area contributed by atoms with E-state index in [0.717, 1.165) is 18.4 Å². The molecule has 2 aliphatic heterocycles. The van der Waals surface area contributed by atoms with Gasteiger partial charge in [0.25, 0.3) is 0 Å². The Morgan fingerprint density at radius 2 is 1.95 bits per heavy atom. The van der Waals surface area contributed by atoms with Gasteiger partial charge in [0.15, 0.2) is 0 Å². The summed E-state index contributed by atoms with van der Waals surface area (Å²) in [4.78, 5) is 24.4. The molecule has 0 radical (unpaired) electrons. The number of aromatic nitrogens is 4. The minimum Gasteiger partial charge on any atom is -0.465 e. The Kier molecular flexibility index (Phi) is 9.02. The Balaban J connectivity index is 1.38. The number of halogens is 3. The lowest BCUT2D eigenvalue weighted by atomic mass is 9.76. The smallest absolute Gasteiger partial charge is 0.429 e. The van der Waals surface area contributed by atoms with Crippen LogP contribution in [0.3, 0.4) is 0 Å². The quantitative estimate of drug-likeness (QED) is 0.343. The molecule has 238 valence electrons. The SMILES string of the molecule is CCOC(=O)[C@@H]1CC2(CCN(c3cc(O[C@H](c4ccc(CN(C)C)cc4-n4ccc(C)n4)C(F)(F)F)nc(N)n3)CC2)CN1. The molecular formula is C30H39F3N8O3. The van der Waals surface area contributed by atoms with Gasteiger partial charge in [0.05, 0.1) is 18.0 Å². The van der Waals surface area contributed by atoms with E-state index < -0.39 is 12.3 Å². The minimum absolute atomic E-state index is 0.0623. The maximum atomic E-state index is 14.7. The zero-order valence-electron chi connectivity index (χ0n) is 25.4. The Morgan fingerprint density at radius 3 is 2.59 bits per heavy atom. The molecule has 1 spiro atoms. The first-order valence-corrected chi connectivity index (χ1v) is 14.7. The maximum Gasteiger partial charge on any atom is 0.429 e. The molecule has 2 fully saturated rings. The van der Waals surface area contributed by atoms with Crippen molar-refractivity contribution >= 4 is 17.7 Å². The largest absolute Gasteiger partial charge is 0.465 e. The zero-order chi connectivity index (χ0) is 31.6. The van der Waals surface area contributed by atoms with Crippen LogP contribution < -0.4 is 20.7 Å². The highest BCUT2D eigenvalue weighted by molar-refractivity contribution is 5.76. The van der Waals surface area contributed by atoms with E-state index in [-0.39, 0.29) is 40.5 Å². The average Bonchev–Trinajstić information content (AvgIpc) is 3.58. The van der Waals surface area contributed by atoms with Crippen molar-refractivity contribution in [2.45, 2.75) is 58.0 Å². The van der Waals surface area contributed by atoms with Crippen LogP contribution >= 0.6 is 0 Å². The molecule has 3 N–H and O–H groups in total. The van der Waals surface area contributed by atoms with E-state index >= 15 is 0 Å². The fourth-order valence-electron chi connectivity index (χ4n) is 6.02. The second-order valence-electron chi connectivity index (χ2n) is 11.9. The predicted molar refractivity (Wildman–Crippen MR) is 158 cm³/mol. The molecule has 11 nitrogen and oxygen atoms in total. The van der Waals surface area contributed by atoms with Crippen molar-refractivity contribution in [3.05, 3.63) is 53.3 Å². The number of rotatable bonds is 9. The zero-order valence-corrected chi connectivity index (χ0v) is 25.4. The lowest BCUT2D eigenvalue weighted by Gasteiger charge is -2.39. The molecule has 2 aromatic heterocycles. The number of piperidine rings is 1. The molecule has 0 aliphatic carbocycles. The molecule has 2 aliphatic rings. The van der Waals surface area contributed by atoms with Crippen molar-refractivity contribution < 1.29 is 27.4 Å². The van der Waals surface area contributed by atoms with Crippen molar-refractivity contribution in [3.63, 3.8) is 0 Å². The Bertz CT molecular complexity index is 1470. The summed E-state index contributed by atoms with van der Waals surface area (Å²) in [6.07, 6.45) is -3.27. The molecule has 0 amide bonds. The van der Waals surface area contributed by atoms with Crippen LogP contribution in [0.25, 0.3) is 5.69 Å². The molecule has 44 heavy (non-hydrogen) atoms. The van der Waals surface area contributed by atoms with Crippen LogP contribution in [0.2, 0.25) is 0 Å². The topological polar surface area (TPSA) is 124 Å². The number of carbonyl (C=O) groups is 1. The summed E-state index contributed by atoms with van der Waals surface area (Å²) < 4.78 is 56.3.